The number of nitrogens with zero attached hydrogens (tertiary/aromatic N) is 1. The Labute approximate surface area is 174 Å². The molecule has 0 saturated carbocycles. The summed E-state index contributed by atoms with van der Waals surface area (Å²) in [6, 6.07) is 6.50. The maximum Gasteiger partial charge on any atom is 0.321 e. The van der Waals surface area contributed by atoms with Crippen LogP contribution in [0, 0.1) is 5.92 Å². The number of nitrogens with one attached hydrogen (secondary N) is 2. The Morgan fingerprint density at radius 3 is 2.55 bits per heavy atom. The predicted octanol–water partition coefficient (Wildman–Crippen LogP) is 2.24. The summed E-state index contributed by atoms with van der Waals surface area (Å²) < 4.78 is 5.16. The van der Waals surface area contributed by atoms with Crippen molar-refractivity contribution in [3.05, 3.63) is 34.9 Å². The zero-order chi connectivity index (χ0) is 21.8. The molecule has 2 atom stereocenters. The molecule has 8 nitrogen and oxygen atoms in total. The maximum atomic E-state index is 12.4. The fourth-order valence-electron chi connectivity index (χ4n) is 2.82. The van der Waals surface area contributed by atoms with E-state index in [4.69, 9.17) is 16.3 Å². The van der Waals surface area contributed by atoms with Crippen molar-refractivity contribution in [1.82, 2.24) is 15.5 Å². The molecule has 1 heterocycles. The summed E-state index contributed by atoms with van der Waals surface area (Å²) in [6.45, 7) is 7.16. The topological polar surface area (TPSA) is 105 Å². The Bertz CT molecular complexity index is 806. The third-order valence-electron chi connectivity index (χ3n) is 4.25. The molecule has 2 N–H and O–H groups in total. The minimum atomic E-state index is -1.17. The molecule has 1 aromatic rings. The van der Waals surface area contributed by atoms with Crippen LogP contribution in [0.1, 0.15) is 39.7 Å². The number of amides is 4. The average molecular weight is 424 g/mol. The number of hydrogen-bond donors (Lipinski definition) is 2. The van der Waals surface area contributed by atoms with Crippen molar-refractivity contribution in [2.45, 2.75) is 52.3 Å². The van der Waals surface area contributed by atoms with Gasteiger partial charge in [-0.2, -0.15) is 0 Å². The molecule has 158 valence electrons. The van der Waals surface area contributed by atoms with Crippen molar-refractivity contribution in [3.8, 4) is 0 Å². The fraction of sp³-hybridized carbons (Fsp3) is 0.500. The van der Waals surface area contributed by atoms with Crippen LogP contribution in [0.25, 0.3) is 0 Å². The number of esters is 1. The van der Waals surface area contributed by atoms with Crippen LogP contribution >= 0.6 is 11.6 Å². The van der Waals surface area contributed by atoms with E-state index >= 15 is 0 Å². The van der Waals surface area contributed by atoms with Gasteiger partial charge in [0.1, 0.15) is 0 Å². The third-order valence-corrected chi connectivity index (χ3v) is 4.62. The Balaban J connectivity index is 1.87. The summed E-state index contributed by atoms with van der Waals surface area (Å²) >= 11 is 6.13. The van der Waals surface area contributed by atoms with E-state index < -0.39 is 35.5 Å². The van der Waals surface area contributed by atoms with E-state index in [9.17, 15) is 19.2 Å². The van der Waals surface area contributed by atoms with E-state index in [-0.39, 0.29) is 18.9 Å². The summed E-state index contributed by atoms with van der Waals surface area (Å²) in [7, 11) is 0. The molecular weight excluding hydrogens is 398 g/mol. The van der Waals surface area contributed by atoms with Crippen LogP contribution < -0.4 is 10.6 Å². The van der Waals surface area contributed by atoms with Gasteiger partial charge >= 0.3 is 12.0 Å². The molecule has 29 heavy (non-hydrogen) atoms. The first kappa shape index (κ1) is 22.7. The second kappa shape index (κ2) is 9.26. The molecule has 2 rings (SSSR count). The first-order valence-electron chi connectivity index (χ1n) is 9.31. The Kier molecular flexibility index (Phi) is 7.24. The SMILES string of the molecule is C[C@H](OC(=O)[C@H]1CC(=O)N(Cc2ccccc2Cl)C1)C(=O)NC(=O)NC(C)(C)C. The predicted molar refractivity (Wildman–Crippen MR) is 107 cm³/mol. The van der Waals surface area contributed by atoms with Gasteiger partial charge in [0.05, 0.1) is 5.92 Å². The smallest absolute Gasteiger partial charge is 0.321 e. The lowest BCUT2D eigenvalue weighted by molar-refractivity contribution is -0.158. The van der Waals surface area contributed by atoms with Crippen LogP contribution in [0.3, 0.4) is 0 Å². The minimum absolute atomic E-state index is 0.00212. The first-order chi connectivity index (χ1) is 13.5. The second-order valence-electron chi connectivity index (χ2n) is 8.04. The van der Waals surface area contributed by atoms with Gasteiger partial charge in [0, 0.05) is 30.1 Å². The molecule has 0 aromatic heterocycles. The van der Waals surface area contributed by atoms with Gasteiger partial charge in [-0.15, -0.1) is 0 Å². The van der Waals surface area contributed by atoms with Crippen molar-refractivity contribution in [2.75, 3.05) is 6.54 Å². The van der Waals surface area contributed by atoms with E-state index in [1.54, 1.807) is 32.9 Å². The first-order valence-corrected chi connectivity index (χ1v) is 9.68. The van der Waals surface area contributed by atoms with Crippen LogP contribution in [-0.2, 0) is 25.7 Å². The maximum absolute atomic E-state index is 12.4. The molecule has 4 amide bonds. The van der Waals surface area contributed by atoms with Gasteiger partial charge in [-0.3, -0.25) is 19.7 Å². The molecule has 0 unspecified atom stereocenters. The number of ether oxygens (including phenoxy) is 1. The van der Waals surface area contributed by atoms with Crippen molar-refractivity contribution < 1.29 is 23.9 Å². The van der Waals surface area contributed by atoms with Gasteiger partial charge in [0.2, 0.25) is 5.91 Å². The van der Waals surface area contributed by atoms with Gasteiger partial charge < -0.3 is 15.0 Å². The van der Waals surface area contributed by atoms with Gasteiger partial charge in [-0.05, 0) is 39.3 Å². The van der Waals surface area contributed by atoms with Gasteiger partial charge in [-0.25, -0.2) is 4.79 Å². The number of urea groups is 1. The normalized spacial score (nSPS) is 17.6. The summed E-state index contributed by atoms with van der Waals surface area (Å²) in [6.07, 6.45) is -1.16. The number of carbonyl (C=O) groups is 4. The van der Waals surface area contributed by atoms with Crippen molar-refractivity contribution in [2.24, 2.45) is 5.92 Å². The quantitative estimate of drug-likeness (QED) is 0.706. The lowest BCUT2D eigenvalue weighted by Gasteiger charge is -2.21. The number of halogens is 1. The number of benzene rings is 1. The molecule has 0 bridgehead atoms. The molecule has 1 aliphatic rings. The summed E-state index contributed by atoms with van der Waals surface area (Å²) in [5.41, 5.74) is 0.272. The molecule has 1 fully saturated rings. The van der Waals surface area contributed by atoms with Crippen molar-refractivity contribution in [3.63, 3.8) is 0 Å². The number of hydrogen-bond acceptors (Lipinski definition) is 5. The number of rotatable bonds is 5. The number of likely N-dealkylation sites (tertiary alicyclic amines) is 1. The van der Waals surface area contributed by atoms with Gasteiger partial charge in [-0.1, -0.05) is 29.8 Å². The van der Waals surface area contributed by atoms with Gasteiger partial charge in [0.25, 0.3) is 5.91 Å². The van der Waals surface area contributed by atoms with Crippen LogP contribution in [0.4, 0.5) is 4.79 Å². The highest BCUT2D eigenvalue weighted by atomic mass is 35.5. The van der Waals surface area contributed by atoms with E-state index in [1.807, 2.05) is 12.1 Å². The number of carbonyl (C=O) groups excluding carboxylic acids is 4. The zero-order valence-corrected chi connectivity index (χ0v) is 17.7. The third kappa shape index (κ3) is 6.74. The highest BCUT2D eigenvalue weighted by Gasteiger charge is 2.37. The van der Waals surface area contributed by atoms with E-state index in [0.29, 0.717) is 11.6 Å². The second-order valence-corrected chi connectivity index (χ2v) is 8.45. The summed E-state index contributed by atoms with van der Waals surface area (Å²) in [5.74, 6) is -2.26. The highest BCUT2D eigenvalue weighted by Crippen LogP contribution is 2.24. The average Bonchev–Trinajstić information content (AvgIpc) is 2.96. The molecule has 0 aliphatic carbocycles. The van der Waals surface area contributed by atoms with E-state index in [1.165, 1.54) is 11.8 Å². The molecule has 1 saturated heterocycles. The monoisotopic (exact) mass is 423 g/mol. The van der Waals surface area contributed by atoms with Crippen LogP contribution in [0.5, 0.6) is 0 Å². The van der Waals surface area contributed by atoms with Crippen molar-refractivity contribution in [1.29, 1.82) is 0 Å². The fourth-order valence-corrected chi connectivity index (χ4v) is 3.02. The molecule has 1 aliphatic heterocycles. The highest BCUT2D eigenvalue weighted by molar-refractivity contribution is 6.31. The molecular formula is C20H26ClN3O5. The number of imide groups is 1. The Morgan fingerprint density at radius 1 is 1.28 bits per heavy atom. The zero-order valence-electron chi connectivity index (χ0n) is 17.0. The molecule has 0 radical (unpaired) electrons. The lowest BCUT2D eigenvalue weighted by Crippen LogP contribution is -2.50. The van der Waals surface area contributed by atoms with Crippen LogP contribution in [0.2, 0.25) is 5.02 Å². The van der Waals surface area contributed by atoms with Gasteiger partial charge in [0.15, 0.2) is 6.10 Å². The van der Waals surface area contributed by atoms with Crippen LogP contribution in [-0.4, -0.2) is 46.9 Å². The largest absolute Gasteiger partial charge is 0.452 e. The molecule has 0 spiro atoms. The van der Waals surface area contributed by atoms with E-state index in [0.717, 1.165) is 5.56 Å². The summed E-state index contributed by atoms with van der Waals surface area (Å²) in [4.78, 5) is 50.0. The Morgan fingerprint density at radius 2 is 1.93 bits per heavy atom. The van der Waals surface area contributed by atoms with E-state index in [2.05, 4.69) is 10.6 Å². The summed E-state index contributed by atoms with van der Waals surface area (Å²) in [5, 5.41) is 5.26. The lowest BCUT2D eigenvalue weighted by atomic mass is 10.1. The molecule has 9 heteroatoms. The molecule has 1 aromatic carbocycles. The minimum Gasteiger partial charge on any atom is -0.452 e. The standard InChI is InChI=1S/C20H26ClN3O5/c1-12(17(26)22-19(28)23-20(2,3)4)29-18(27)14-9-16(25)24(11-14)10-13-7-5-6-8-15(13)21/h5-8,12,14H,9-11H2,1-4H3,(H2,22,23,26,28)/t12-,14-/m0/s1. The van der Waals surface area contributed by atoms with Crippen LogP contribution in [0.15, 0.2) is 24.3 Å². The Hall–Kier alpha value is -2.61. The van der Waals surface area contributed by atoms with Crippen molar-refractivity contribution >= 4 is 35.4 Å².